The molecular weight excluding hydrogens is 398 g/mol. The summed E-state index contributed by atoms with van der Waals surface area (Å²) in [7, 11) is 0.347. The molecule has 2 rings (SSSR count). The maximum Gasteiger partial charge on any atom is 0.255 e. The largest absolute Gasteiger partial charge is 0.333 e. The maximum absolute atomic E-state index is 13.2. The first-order valence-electron chi connectivity index (χ1n) is 8.54. The van der Waals surface area contributed by atoms with E-state index in [-0.39, 0.29) is 21.4 Å². The monoisotopic (exact) mass is 419 g/mol. The smallest absolute Gasteiger partial charge is 0.255 e. The summed E-state index contributed by atoms with van der Waals surface area (Å²) in [5.74, 6) is -0.346. The molecule has 0 unspecified atom stereocenters. The lowest BCUT2D eigenvalue weighted by Crippen LogP contribution is -2.36. The van der Waals surface area contributed by atoms with Crippen molar-refractivity contribution in [3.63, 3.8) is 0 Å². The molecule has 0 aliphatic heterocycles. The van der Waals surface area contributed by atoms with Crippen molar-refractivity contribution < 1.29 is 13.2 Å². The van der Waals surface area contributed by atoms with Gasteiger partial charge in [-0.3, -0.25) is 4.79 Å². The van der Waals surface area contributed by atoms with Crippen molar-refractivity contribution in [1.82, 2.24) is 9.80 Å². The van der Waals surface area contributed by atoms with Gasteiger partial charge < -0.3 is 9.80 Å². The van der Waals surface area contributed by atoms with E-state index in [0.29, 0.717) is 25.2 Å². The molecule has 0 radical (unpaired) electrons. The van der Waals surface area contributed by atoms with E-state index in [1.54, 1.807) is 29.2 Å². The molecule has 28 heavy (non-hydrogen) atoms. The minimum absolute atomic E-state index is 0.0474. The van der Waals surface area contributed by atoms with E-state index in [1.165, 1.54) is 18.2 Å². The van der Waals surface area contributed by atoms with Gasteiger partial charge in [-0.15, -0.1) is 0 Å². The number of carbonyl (C=O) groups excluding carboxylic acids is 1. The van der Waals surface area contributed by atoms with Gasteiger partial charge in [0.2, 0.25) is 0 Å². The number of sulfone groups is 1. The molecule has 2 aromatic rings. The summed E-state index contributed by atoms with van der Waals surface area (Å²) < 4.78 is 23.7. The Morgan fingerprint density at radius 2 is 1.75 bits per heavy atom. The predicted octanol–water partition coefficient (Wildman–Crippen LogP) is 2.82. The van der Waals surface area contributed by atoms with Crippen molar-refractivity contribution in [3.8, 4) is 6.07 Å². The summed E-state index contributed by atoms with van der Waals surface area (Å²) in [6.07, 6.45) is 1.09. The van der Waals surface area contributed by atoms with Gasteiger partial charge in [0.05, 0.1) is 27.1 Å². The van der Waals surface area contributed by atoms with Crippen molar-refractivity contribution in [3.05, 3.63) is 64.2 Å². The molecule has 0 fully saturated rings. The van der Waals surface area contributed by atoms with E-state index in [1.807, 2.05) is 19.0 Å². The fourth-order valence-electron chi connectivity index (χ4n) is 2.55. The summed E-state index contributed by atoms with van der Waals surface area (Å²) in [6.45, 7) is 1.38. The minimum atomic E-state index is -3.46. The van der Waals surface area contributed by atoms with Crippen LogP contribution in [0.1, 0.15) is 21.5 Å². The first-order chi connectivity index (χ1) is 13.1. The van der Waals surface area contributed by atoms with Gasteiger partial charge in [-0.05, 0) is 50.0 Å². The van der Waals surface area contributed by atoms with E-state index in [9.17, 15) is 13.2 Å². The highest BCUT2D eigenvalue weighted by molar-refractivity contribution is 7.90. The Hall–Kier alpha value is -2.40. The second kappa shape index (κ2) is 9.20. The van der Waals surface area contributed by atoms with Gasteiger partial charge in [-0.1, -0.05) is 23.7 Å². The van der Waals surface area contributed by atoms with Gasteiger partial charge >= 0.3 is 0 Å². The minimum Gasteiger partial charge on any atom is -0.333 e. The predicted molar refractivity (Wildman–Crippen MR) is 109 cm³/mol. The summed E-state index contributed by atoms with van der Waals surface area (Å²) >= 11 is 6.20. The number of amides is 1. The molecule has 0 N–H and O–H groups in total. The van der Waals surface area contributed by atoms with Crippen LogP contribution in [0.15, 0.2) is 47.4 Å². The number of hydrogen-bond acceptors (Lipinski definition) is 5. The van der Waals surface area contributed by atoms with Crippen LogP contribution < -0.4 is 0 Å². The summed E-state index contributed by atoms with van der Waals surface area (Å²) in [6, 6.07) is 13.2. The number of rotatable bonds is 7. The van der Waals surface area contributed by atoms with Crippen molar-refractivity contribution >= 4 is 27.3 Å². The third-order valence-electron chi connectivity index (χ3n) is 4.16. The zero-order chi connectivity index (χ0) is 20.9. The Morgan fingerprint density at radius 1 is 1.11 bits per heavy atom. The number of nitriles is 1. The molecule has 2 aromatic carbocycles. The normalized spacial score (nSPS) is 11.3. The standard InChI is InChI=1S/C20H22ClN3O3S/c1-23(2)10-11-24(14-16-6-4-15(13-22)5-7-16)20(25)18-12-17(28(3,26)27)8-9-19(18)21/h4-9,12H,10-11,14H2,1-3H3. The van der Waals surface area contributed by atoms with Crippen LogP contribution in [0.3, 0.4) is 0 Å². The van der Waals surface area contributed by atoms with Crippen LogP contribution in [-0.2, 0) is 16.4 Å². The molecule has 0 atom stereocenters. The fourth-order valence-corrected chi connectivity index (χ4v) is 3.39. The Kier molecular flexibility index (Phi) is 7.19. The van der Waals surface area contributed by atoms with Crippen LogP contribution in [0, 0.1) is 11.3 Å². The molecule has 148 valence electrons. The first kappa shape index (κ1) is 21.9. The molecule has 1 amide bonds. The second-order valence-electron chi connectivity index (χ2n) is 6.75. The lowest BCUT2D eigenvalue weighted by molar-refractivity contribution is 0.0732. The lowest BCUT2D eigenvalue weighted by Gasteiger charge is -2.25. The number of benzene rings is 2. The maximum atomic E-state index is 13.2. The van der Waals surface area contributed by atoms with Gasteiger partial charge in [0.1, 0.15) is 0 Å². The Morgan fingerprint density at radius 3 is 2.29 bits per heavy atom. The first-order valence-corrected chi connectivity index (χ1v) is 10.8. The average Bonchev–Trinajstić information content (AvgIpc) is 2.64. The number of carbonyl (C=O) groups is 1. The highest BCUT2D eigenvalue weighted by atomic mass is 35.5. The van der Waals surface area contributed by atoms with Crippen LogP contribution in [-0.4, -0.2) is 57.6 Å². The Bertz CT molecular complexity index is 996. The van der Waals surface area contributed by atoms with Crippen LogP contribution in [0.5, 0.6) is 0 Å². The van der Waals surface area contributed by atoms with Crippen LogP contribution >= 0.6 is 11.6 Å². The molecule has 0 spiro atoms. The molecule has 0 aliphatic carbocycles. The SMILES string of the molecule is CN(C)CCN(Cc1ccc(C#N)cc1)C(=O)c1cc(S(C)(=O)=O)ccc1Cl. The molecular formula is C20H22ClN3O3S. The van der Waals surface area contributed by atoms with Gasteiger partial charge in [0, 0.05) is 25.9 Å². The van der Waals surface area contributed by atoms with E-state index in [2.05, 4.69) is 6.07 Å². The van der Waals surface area contributed by atoms with Gasteiger partial charge in [0.15, 0.2) is 9.84 Å². The van der Waals surface area contributed by atoms with Crippen molar-refractivity contribution in [2.75, 3.05) is 33.4 Å². The molecule has 0 aliphatic rings. The van der Waals surface area contributed by atoms with E-state index < -0.39 is 9.84 Å². The van der Waals surface area contributed by atoms with Crippen LogP contribution in [0.2, 0.25) is 5.02 Å². The zero-order valence-corrected chi connectivity index (χ0v) is 17.6. The third-order valence-corrected chi connectivity index (χ3v) is 5.60. The van der Waals surface area contributed by atoms with Crippen LogP contribution in [0.25, 0.3) is 0 Å². The third kappa shape index (κ3) is 5.80. The molecule has 8 heteroatoms. The summed E-state index contributed by atoms with van der Waals surface area (Å²) in [4.78, 5) is 16.8. The van der Waals surface area contributed by atoms with E-state index in [0.717, 1.165) is 11.8 Å². The number of likely N-dealkylation sites (N-methyl/N-ethyl adjacent to an activating group) is 1. The lowest BCUT2D eigenvalue weighted by atomic mass is 10.1. The molecule has 0 saturated carbocycles. The van der Waals surface area contributed by atoms with Crippen molar-refractivity contribution in [2.45, 2.75) is 11.4 Å². The molecule has 0 bridgehead atoms. The fraction of sp³-hybridized carbons (Fsp3) is 0.300. The topological polar surface area (TPSA) is 81.5 Å². The molecule has 0 heterocycles. The molecule has 0 saturated heterocycles. The van der Waals surface area contributed by atoms with Crippen LogP contribution in [0.4, 0.5) is 0 Å². The van der Waals surface area contributed by atoms with Crippen molar-refractivity contribution in [1.29, 1.82) is 5.26 Å². The van der Waals surface area contributed by atoms with Gasteiger partial charge in [-0.25, -0.2) is 8.42 Å². The Labute approximate surface area is 170 Å². The number of nitrogens with zero attached hydrogens (tertiary/aromatic N) is 3. The average molecular weight is 420 g/mol. The number of hydrogen-bond donors (Lipinski definition) is 0. The van der Waals surface area contributed by atoms with E-state index >= 15 is 0 Å². The quantitative estimate of drug-likeness (QED) is 0.689. The van der Waals surface area contributed by atoms with Crippen molar-refractivity contribution in [2.24, 2.45) is 0 Å². The number of halogens is 1. The second-order valence-corrected chi connectivity index (χ2v) is 9.18. The highest BCUT2D eigenvalue weighted by Gasteiger charge is 2.21. The highest BCUT2D eigenvalue weighted by Crippen LogP contribution is 2.23. The van der Waals surface area contributed by atoms with E-state index in [4.69, 9.17) is 16.9 Å². The molecule has 6 nitrogen and oxygen atoms in total. The van der Waals surface area contributed by atoms with Gasteiger partial charge in [-0.2, -0.15) is 5.26 Å². The zero-order valence-electron chi connectivity index (χ0n) is 16.0. The summed E-state index contributed by atoms with van der Waals surface area (Å²) in [5.41, 5.74) is 1.55. The molecule has 0 aromatic heterocycles. The summed E-state index contributed by atoms with van der Waals surface area (Å²) in [5, 5.41) is 9.13. The van der Waals surface area contributed by atoms with Gasteiger partial charge in [0.25, 0.3) is 5.91 Å². The Balaban J connectivity index is 2.36.